The van der Waals surface area contributed by atoms with Gasteiger partial charge in [-0.15, -0.1) is 11.3 Å². The van der Waals surface area contributed by atoms with Gasteiger partial charge in [0.1, 0.15) is 16.5 Å². The zero-order valence-electron chi connectivity index (χ0n) is 23.3. The number of nitrogens with one attached hydrogen (secondary N) is 1. The van der Waals surface area contributed by atoms with Crippen LogP contribution in [0, 0.1) is 11.8 Å². The molecule has 15 heteroatoms. The molecule has 6 rings (SSSR count). The van der Waals surface area contributed by atoms with Crippen molar-refractivity contribution in [3.63, 3.8) is 0 Å². The lowest BCUT2D eigenvalue weighted by atomic mass is 9.97. The van der Waals surface area contributed by atoms with Gasteiger partial charge in [0.2, 0.25) is 0 Å². The molecule has 0 spiro atoms. The number of ether oxygens (including phenoxy) is 1. The summed E-state index contributed by atoms with van der Waals surface area (Å²) in [6.45, 7) is 5.23. The number of carbonyl (C=O) groups is 3. The molecule has 3 aromatic heterocycles. The predicted octanol–water partition coefficient (Wildman–Crippen LogP) is 5.79. The third-order valence-corrected chi connectivity index (χ3v) is 10.8. The van der Waals surface area contributed by atoms with E-state index in [1.54, 1.807) is 13.0 Å². The average molecular weight is 666 g/mol. The van der Waals surface area contributed by atoms with E-state index in [9.17, 15) is 19.5 Å². The Morgan fingerprint density at radius 2 is 1.91 bits per heavy atom. The number of aromatic nitrogens is 2. The second kappa shape index (κ2) is 12.5. The number of halogens is 2. The maximum atomic E-state index is 13.3. The summed E-state index contributed by atoms with van der Waals surface area (Å²) < 4.78 is 5.15. The van der Waals surface area contributed by atoms with E-state index in [1.165, 1.54) is 33.8 Å². The molecule has 0 saturated carbocycles. The molecule has 6 heterocycles. The number of thiazole rings is 1. The fraction of sp³-hybridized carbons (Fsp3) is 0.464. The van der Waals surface area contributed by atoms with Crippen LogP contribution < -0.4 is 15.1 Å². The summed E-state index contributed by atoms with van der Waals surface area (Å²) in [6, 6.07) is 3.36. The van der Waals surface area contributed by atoms with Crippen LogP contribution in [-0.2, 0) is 9.53 Å². The second-order valence-corrected chi connectivity index (χ2v) is 13.5. The molecule has 0 radical (unpaired) electrons. The van der Waals surface area contributed by atoms with Gasteiger partial charge in [-0.3, -0.25) is 14.9 Å². The Balaban J connectivity index is 1.17. The molecule has 11 nitrogen and oxygen atoms in total. The number of rotatable bonds is 7. The maximum Gasteiger partial charge on any atom is 0.407 e. The molecule has 43 heavy (non-hydrogen) atoms. The van der Waals surface area contributed by atoms with E-state index in [-0.39, 0.29) is 23.8 Å². The van der Waals surface area contributed by atoms with Crippen LogP contribution >= 0.6 is 45.9 Å². The Morgan fingerprint density at radius 3 is 2.58 bits per heavy atom. The van der Waals surface area contributed by atoms with Crippen molar-refractivity contribution in [3.8, 4) is 10.6 Å². The Labute approximate surface area is 266 Å². The molecule has 228 valence electrons. The van der Waals surface area contributed by atoms with Crippen molar-refractivity contribution in [2.24, 2.45) is 11.8 Å². The molecular weight excluding hydrogens is 635 g/mol. The zero-order chi connectivity index (χ0) is 30.2. The van der Waals surface area contributed by atoms with Crippen LogP contribution in [-0.4, -0.2) is 83.3 Å². The standard InChI is InChI=1S/C28H30Cl2N6O5S2/c1-2-41-26(38)15-3-6-34(7-4-15)23-19(30)9-17(11-31-23)24(37)33-27-32-22(21-10-18(29)14-42-21)25(43-27)35-12-16-5-8-36(28(39)40)20(16)13-35/h9-11,14-16,20H,2-8,12-13H2,1H3,(H,39,40)(H,32,33,37). The molecule has 0 aromatic carbocycles. The largest absolute Gasteiger partial charge is 0.466 e. The van der Waals surface area contributed by atoms with E-state index >= 15 is 0 Å². The number of hydrogen-bond donors (Lipinski definition) is 2. The average Bonchev–Trinajstić information content (AvgIpc) is 3.77. The minimum atomic E-state index is -0.892. The Kier molecular flexibility index (Phi) is 8.67. The molecule has 3 aliphatic heterocycles. The normalized spacial score (nSPS) is 20.4. The molecule has 0 bridgehead atoms. The van der Waals surface area contributed by atoms with Crippen molar-refractivity contribution in [2.45, 2.75) is 32.2 Å². The van der Waals surface area contributed by atoms with E-state index < -0.39 is 12.0 Å². The van der Waals surface area contributed by atoms with Gasteiger partial charge in [-0.25, -0.2) is 14.8 Å². The smallest absolute Gasteiger partial charge is 0.407 e. The van der Waals surface area contributed by atoms with Gasteiger partial charge in [0.25, 0.3) is 5.91 Å². The SMILES string of the molecule is CCOC(=O)C1CCN(c2ncc(C(=O)Nc3nc(-c4cc(Cl)cs4)c(N4CC5CCN(C(=O)O)C5C4)s3)cc2Cl)CC1. The highest BCUT2D eigenvalue weighted by Crippen LogP contribution is 2.45. The van der Waals surface area contributed by atoms with Gasteiger partial charge in [-0.1, -0.05) is 34.5 Å². The van der Waals surface area contributed by atoms with Gasteiger partial charge >= 0.3 is 12.1 Å². The Hall–Kier alpha value is -3.13. The molecule has 3 saturated heterocycles. The number of piperidine rings is 1. The van der Waals surface area contributed by atoms with Crippen LogP contribution in [0.5, 0.6) is 0 Å². The number of carboxylic acid groups (broad SMARTS) is 1. The van der Waals surface area contributed by atoms with Crippen molar-refractivity contribution in [1.82, 2.24) is 14.9 Å². The first-order chi connectivity index (χ1) is 20.7. The molecule has 2 N–H and O–H groups in total. The number of fused-ring (bicyclic) bond motifs is 1. The van der Waals surface area contributed by atoms with Gasteiger partial charge in [0, 0.05) is 50.2 Å². The van der Waals surface area contributed by atoms with Gasteiger partial charge in [-0.05, 0) is 38.3 Å². The molecule has 3 aliphatic rings. The first-order valence-corrected chi connectivity index (χ1v) is 16.5. The highest BCUT2D eigenvalue weighted by molar-refractivity contribution is 7.21. The number of carbonyl (C=O) groups excluding carboxylic acids is 2. The van der Waals surface area contributed by atoms with Crippen molar-refractivity contribution < 1.29 is 24.2 Å². The zero-order valence-corrected chi connectivity index (χ0v) is 26.4. The fourth-order valence-electron chi connectivity index (χ4n) is 6.09. The third-order valence-electron chi connectivity index (χ3n) is 8.21. The van der Waals surface area contributed by atoms with Crippen LogP contribution in [0.4, 0.5) is 20.7 Å². The molecular formula is C28H30Cl2N6O5S2. The lowest BCUT2D eigenvalue weighted by Crippen LogP contribution is -2.38. The van der Waals surface area contributed by atoms with Gasteiger partial charge < -0.3 is 24.5 Å². The summed E-state index contributed by atoms with van der Waals surface area (Å²) >= 11 is 15.6. The third kappa shape index (κ3) is 6.13. The van der Waals surface area contributed by atoms with Crippen LogP contribution in [0.2, 0.25) is 10.0 Å². The minimum absolute atomic E-state index is 0.0694. The van der Waals surface area contributed by atoms with E-state index in [2.05, 4.69) is 15.2 Å². The number of thiophene rings is 1. The predicted molar refractivity (Wildman–Crippen MR) is 168 cm³/mol. The number of esters is 1. The van der Waals surface area contributed by atoms with Crippen molar-refractivity contribution in [2.75, 3.05) is 54.4 Å². The van der Waals surface area contributed by atoms with Crippen LogP contribution in [0.1, 0.15) is 36.5 Å². The number of pyridine rings is 1. The highest BCUT2D eigenvalue weighted by atomic mass is 35.5. The van der Waals surface area contributed by atoms with E-state index in [0.717, 1.165) is 16.3 Å². The van der Waals surface area contributed by atoms with Gasteiger partial charge in [0.15, 0.2) is 5.13 Å². The summed E-state index contributed by atoms with van der Waals surface area (Å²) in [7, 11) is 0. The highest BCUT2D eigenvalue weighted by Gasteiger charge is 2.44. The monoisotopic (exact) mass is 664 g/mol. The minimum Gasteiger partial charge on any atom is -0.466 e. The molecule has 3 aromatic rings. The number of likely N-dealkylation sites (tertiary alicyclic amines) is 1. The quantitative estimate of drug-likeness (QED) is 0.301. The second-order valence-electron chi connectivity index (χ2n) is 10.8. The van der Waals surface area contributed by atoms with Gasteiger partial charge in [-0.2, -0.15) is 0 Å². The molecule has 2 unspecified atom stereocenters. The maximum absolute atomic E-state index is 13.3. The first kappa shape index (κ1) is 29.9. The van der Waals surface area contributed by atoms with Crippen molar-refractivity contribution in [1.29, 1.82) is 0 Å². The number of hydrogen-bond acceptors (Lipinski definition) is 10. The Bertz CT molecular complexity index is 1540. The first-order valence-electron chi connectivity index (χ1n) is 14.1. The molecule has 3 fully saturated rings. The van der Waals surface area contributed by atoms with Gasteiger partial charge in [0.05, 0.1) is 39.1 Å². The molecule has 0 aliphatic carbocycles. The summed E-state index contributed by atoms with van der Waals surface area (Å²) in [5, 5.41) is 16.6. The summed E-state index contributed by atoms with van der Waals surface area (Å²) in [6.07, 6.45) is 2.72. The number of amides is 2. The van der Waals surface area contributed by atoms with Crippen LogP contribution in [0.15, 0.2) is 23.7 Å². The topological polar surface area (TPSA) is 128 Å². The summed E-state index contributed by atoms with van der Waals surface area (Å²) in [5.41, 5.74) is 0.997. The van der Waals surface area contributed by atoms with Crippen molar-refractivity contribution in [3.05, 3.63) is 39.3 Å². The van der Waals surface area contributed by atoms with E-state index in [1.807, 2.05) is 16.3 Å². The lowest BCUT2D eigenvalue weighted by molar-refractivity contribution is -0.148. The van der Waals surface area contributed by atoms with Crippen LogP contribution in [0.25, 0.3) is 10.6 Å². The summed E-state index contributed by atoms with van der Waals surface area (Å²) in [5.74, 6) is 0.129. The van der Waals surface area contributed by atoms with Crippen LogP contribution in [0.3, 0.4) is 0 Å². The molecule has 2 amide bonds. The lowest BCUT2D eigenvalue weighted by Gasteiger charge is -2.32. The number of anilines is 3. The van der Waals surface area contributed by atoms with E-state index in [4.69, 9.17) is 32.9 Å². The fourth-order valence-corrected chi connectivity index (χ4v) is 8.50. The number of nitrogens with zero attached hydrogens (tertiary/aromatic N) is 5. The van der Waals surface area contributed by atoms with Crippen molar-refractivity contribution >= 4 is 79.8 Å². The summed E-state index contributed by atoms with van der Waals surface area (Å²) in [4.78, 5) is 52.9. The Morgan fingerprint density at radius 1 is 1.12 bits per heavy atom. The molecule has 2 atom stereocenters. The van der Waals surface area contributed by atoms with E-state index in [0.29, 0.717) is 84.4 Å².